The van der Waals surface area contributed by atoms with Crippen LogP contribution in [0.5, 0.6) is 0 Å². The van der Waals surface area contributed by atoms with Crippen LogP contribution in [0.1, 0.15) is 18.4 Å². The van der Waals surface area contributed by atoms with Crippen LogP contribution in [-0.4, -0.2) is 37.2 Å². The molecule has 4 nitrogen and oxygen atoms in total. The minimum absolute atomic E-state index is 0. The third-order valence-electron chi connectivity index (χ3n) is 4.48. The summed E-state index contributed by atoms with van der Waals surface area (Å²) >= 11 is 0. The normalized spacial score (nSPS) is 24.7. The van der Waals surface area contributed by atoms with Gasteiger partial charge in [0.25, 0.3) is 0 Å². The molecule has 2 fully saturated rings. The summed E-state index contributed by atoms with van der Waals surface area (Å²) in [5, 5.41) is 3.45. The van der Waals surface area contributed by atoms with Gasteiger partial charge in [0.2, 0.25) is 0 Å². The van der Waals surface area contributed by atoms with Crippen LogP contribution in [0.3, 0.4) is 0 Å². The molecular weight excluding hydrogens is 288 g/mol. The quantitative estimate of drug-likeness (QED) is 0.913. The number of nitrogens with one attached hydrogen (secondary N) is 1. The van der Waals surface area contributed by atoms with Gasteiger partial charge in [-0.25, -0.2) is 4.79 Å². The average molecular weight is 311 g/mol. The predicted octanol–water partition coefficient (Wildman–Crippen LogP) is 2.68. The molecule has 0 aromatic heterocycles. The van der Waals surface area contributed by atoms with Crippen molar-refractivity contribution in [1.82, 2.24) is 10.2 Å². The smallest absolute Gasteiger partial charge is 0.410 e. The summed E-state index contributed by atoms with van der Waals surface area (Å²) in [7, 11) is 0. The third kappa shape index (κ3) is 4.11. The van der Waals surface area contributed by atoms with Crippen molar-refractivity contribution in [2.45, 2.75) is 19.4 Å². The second-order valence-electron chi connectivity index (χ2n) is 5.78. The number of carbonyl (C=O) groups excluding carboxylic acids is 1. The van der Waals surface area contributed by atoms with E-state index >= 15 is 0 Å². The first-order valence-electron chi connectivity index (χ1n) is 7.49. The van der Waals surface area contributed by atoms with Crippen molar-refractivity contribution in [3.63, 3.8) is 0 Å². The highest BCUT2D eigenvalue weighted by molar-refractivity contribution is 5.85. The maximum atomic E-state index is 12.1. The Morgan fingerprint density at radius 2 is 1.76 bits per heavy atom. The molecule has 2 saturated heterocycles. The minimum Gasteiger partial charge on any atom is -0.445 e. The topological polar surface area (TPSA) is 41.6 Å². The van der Waals surface area contributed by atoms with Crippen molar-refractivity contribution >= 4 is 18.5 Å². The highest BCUT2D eigenvalue weighted by atomic mass is 35.5. The Morgan fingerprint density at radius 1 is 1.14 bits per heavy atom. The van der Waals surface area contributed by atoms with Crippen LogP contribution < -0.4 is 5.32 Å². The summed E-state index contributed by atoms with van der Waals surface area (Å²) < 4.78 is 5.42. The number of amides is 1. The van der Waals surface area contributed by atoms with E-state index in [1.165, 1.54) is 0 Å². The van der Waals surface area contributed by atoms with E-state index in [1.807, 2.05) is 35.2 Å². The lowest BCUT2D eigenvalue weighted by molar-refractivity contribution is 0.0967. The second-order valence-corrected chi connectivity index (χ2v) is 5.78. The van der Waals surface area contributed by atoms with Gasteiger partial charge in [-0.05, 0) is 43.3 Å². The number of fused-ring (bicyclic) bond motifs is 1. The molecule has 1 aromatic rings. The highest BCUT2D eigenvalue weighted by Crippen LogP contribution is 2.27. The molecule has 2 aliphatic rings. The number of nitrogens with zero attached hydrogens (tertiary/aromatic N) is 1. The molecule has 0 bridgehead atoms. The zero-order valence-corrected chi connectivity index (χ0v) is 13.0. The SMILES string of the molecule is Cl.O=C(OCc1ccccc1)N1CCC2CNCC2CC1. The third-order valence-corrected chi connectivity index (χ3v) is 4.48. The Hall–Kier alpha value is -1.26. The summed E-state index contributed by atoms with van der Waals surface area (Å²) in [6.45, 7) is 4.24. The zero-order valence-electron chi connectivity index (χ0n) is 12.2. The molecule has 2 heterocycles. The Balaban J connectivity index is 0.00000161. The molecule has 21 heavy (non-hydrogen) atoms. The molecule has 0 aliphatic carbocycles. The van der Waals surface area contributed by atoms with Gasteiger partial charge in [-0.3, -0.25) is 0 Å². The molecule has 1 N–H and O–H groups in total. The molecule has 5 heteroatoms. The first kappa shape index (κ1) is 16.1. The Kier molecular flexibility index (Phi) is 5.88. The standard InChI is InChI=1S/C16H22N2O2.ClH/c19-16(20-12-13-4-2-1-3-5-13)18-8-6-14-10-17-11-15(14)7-9-18;/h1-5,14-15,17H,6-12H2;1H. The van der Waals surface area contributed by atoms with Gasteiger partial charge < -0.3 is 15.0 Å². The molecule has 2 atom stereocenters. The van der Waals surface area contributed by atoms with E-state index in [-0.39, 0.29) is 18.5 Å². The number of benzene rings is 1. The first-order chi connectivity index (χ1) is 9.83. The molecule has 0 radical (unpaired) electrons. The second kappa shape index (κ2) is 7.66. The molecule has 3 rings (SSSR count). The van der Waals surface area contributed by atoms with Crippen LogP contribution in [0.2, 0.25) is 0 Å². The Morgan fingerprint density at radius 3 is 2.38 bits per heavy atom. The number of halogens is 1. The molecule has 116 valence electrons. The van der Waals surface area contributed by atoms with Crippen LogP contribution in [-0.2, 0) is 11.3 Å². The lowest BCUT2D eigenvalue weighted by Gasteiger charge is -2.20. The van der Waals surface area contributed by atoms with Crippen molar-refractivity contribution in [3.8, 4) is 0 Å². The molecule has 0 saturated carbocycles. The number of carbonyl (C=O) groups is 1. The first-order valence-corrected chi connectivity index (χ1v) is 7.49. The van der Waals surface area contributed by atoms with E-state index in [1.54, 1.807) is 0 Å². The molecular formula is C16H23ClN2O2. The highest BCUT2D eigenvalue weighted by Gasteiger charge is 2.31. The van der Waals surface area contributed by atoms with Crippen LogP contribution in [0.15, 0.2) is 30.3 Å². The number of hydrogen-bond donors (Lipinski definition) is 1. The van der Waals surface area contributed by atoms with Crippen LogP contribution in [0.4, 0.5) is 4.79 Å². The van der Waals surface area contributed by atoms with Crippen LogP contribution >= 0.6 is 12.4 Å². The van der Waals surface area contributed by atoms with Gasteiger partial charge in [-0.15, -0.1) is 12.4 Å². The van der Waals surface area contributed by atoms with Gasteiger partial charge in [-0.2, -0.15) is 0 Å². The van der Waals surface area contributed by atoms with Crippen molar-refractivity contribution < 1.29 is 9.53 Å². The van der Waals surface area contributed by atoms with Crippen LogP contribution in [0.25, 0.3) is 0 Å². The fourth-order valence-electron chi connectivity index (χ4n) is 3.21. The summed E-state index contributed by atoms with van der Waals surface area (Å²) in [6.07, 6.45) is 2.03. The lowest BCUT2D eigenvalue weighted by atomic mass is 9.92. The van der Waals surface area contributed by atoms with E-state index in [9.17, 15) is 4.79 Å². The monoisotopic (exact) mass is 310 g/mol. The van der Waals surface area contributed by atoms with Gasteiger partial charge in [0, 0.05) is 13.1 Å². The van der Waals surface area contributed by atoms with Gasteiger partial charge in [-0.1, -0.05) is 30.3 Å². The van der Waals surface area contributed by atoms with E-state index in [2.05, 4.69) is 5.32 Å². The van der Waals surface area contributed by atoms with Gasteiger partial charge in [0.05, 0.1) is 0 Å². The summed E-state index contributed by atoms with van der Waals surface area (Å²) in [4.78, 5) is 14.0. The van der Waals surface area contributed by atoms with E-state index in [0.717, 1.165) is 56.4 Å². The lowest BCUT2D eigenvalue weighted by Crippen LogP contribution is -2.33. The molecule has 0 spiro atoms. The number of ether oxygens (including phenoxy) is 1. The van der Waals surface area contributed by atoms with Crippen molar-refractivity contribution in [2.24, 2.45) is 11.8 Å². The zero-order chi connectivity index (χ0) is 13.8. The fraction of sp³-hybridized carbons (Fsp3) is 0.562. The number of rotatable bonds is 2. The minimum atomic E-state index is -0.165. The number of likely N-dealkylation sites (tertiary alicyclic amines) is 1. The molecule has 1 amide bonds. The fourth-order valence-corrected chi connectivity index (χ4v) is 3.21. The van der Waals surface area contributed by atoms with Crippen molar-refractivity contribution in [1.29, 1.82) is 0 Å². The van der Waals surface area contributed by atoms with E-state index in [0.29, 0.717) is 6.61 Å². The van der Waals surface area contributed by atoms with E-state index < -0.39 is 0 Å². The largest absolute Gasteiger partial charge is 0.445 e. The summed E-state index contributed by atoms with van der Waals surface area (Å²) in [6, 6.07) is 9.84. The molecule has 1 aromatic carbocycles. The maximum absolute atomic E-state index is 12.1. The van der Waals surface area contributed by atoms with E-state index in [4.69, 9.17) is 4.74 Å². The van der Waals surface area contributed by atoms with Gasteiger partial charge >= 0.3 is 6.09 Å². The average Bonchev–Trinajstić information content (AvgIpc) is 2.84. The number of hydrogen-bond acceptors (Lipinski definition) is 3. The van der Waals surface area contributed by atoms with Crippen molar-refractivity contribution in [2.75, 3.05) is 26.2 Å². The van der Waals surface area contributed by atoms with Crippen LogP contribution in [0, 0.1) is 11.8 Å². The molecule has 2 aliphatic heterocycles. The summed E-state index contributed by atoms with van der Waals surface area (Å²) in [5.41, 5.74) is 1.04. The molecule has 2 unspecified atom stereocenters. The van der Waals surface area contributed by atoms with Gasteiger partial charge in [0.15, 0.2) is 0 Å². The van der Waals surface area contributed by atoms with Gasteiger partial charge in [0.1, 0.15) is 6.61 Å². The predicted molar refractivity (Wildman–Crippen MR) is 84.5 cm³/mol. The Bertz CT molecular complexity index is 441. The van der Waals surface area contributed by atoms with Crippen molar-refractivity contribution in [3.05, 3.63) is 35.9 Å². The summed E-state index contributed by atoms with van der Waals surface area (Å²) in [5.74, 6) is 1.48. The maximum Gasteiger partial charge on any atom is 0.410 e. The Labute approximate surface area is 132 Å².